The van der Waals surface area contributed by atoms with Gasteiger partial charge in [-0.2, -0.15) is 18.3 Å². The highest BCUT2D eigenvalue weighted by atomic mass is 32.1. The summed E-state index contributed by atoms with van der Waals surface area (Å²) in [5.41, 5.74) is 1.01. The van der Waals surface area contributed by atoms with E-state index in [-0.39, 0.29) is 18.0 Å². The van der Waals surface area contributed by atoms with Crippen LogP contribution in [0.4, 0.5) is 13.2 Å². The van der Waals surface area contributed by atoms with Gasteiger partial charge in [0.15, 0.2) is 10.7 Å². The minimum atomic E-state index is -4.47. The summed E-state index contributed by atoms with van der Waals surface area (Å²) in [6.07, 6.45) is 0.143. The third-order valence-corrected chi connectivity index (χ3v) is 6.12. The molecule has 0 amide bonds. The van der Waals surface area contributed by atoms with Crippen LogP contribution in [-0.2, 0) is 25.6 Å². The molecule has 0 spiro atoms. The highest BCUT2D eigenvalue weighted by Gasteiger charge is 2.37. The van der Waals surface area contributed by atoms with E-state index in [1.165, 1.54) is 27.0 Å². The molecule has 5 nitrogen and oxygen atoms in total. The van der Waals surface area contributed by atoms with Crippen LogP contribution >= 0.6 is 11.3 Å². The Morgan fingerprint density at radius 2 is 2.04 bits per heavy atom. The highest BCUT2D eigenvalue weighted by Crippen LogP contribution is 2.42. The lowest BCUT2D eigenvalue weighted by Crippen LogP contribution is -2.18. The zero-order valence-electron chi connectivity index (χ0n) is 13.7. The molecule has 0 atom stereocenters. The monoisotopic (exact) mass is 380 g/mol. The second-order valence-corrected chi connectivity index (χ2v) is 7.98. The van der Waals surface area contributed by atoms with Crippen LogP contribution in [0.5, 0.6) is 0 Å². The Morgan fingerprint density at radius 3 is 2.77 bits per heavy atom. The first-order valence-electron chi connectivity index (χ1n) is 8.58. The Labute approximate surface area is 150 Å². The number of hydrogen-bond acceptors (Lipinski definition) is 4. The molecule has 0 saturated heterocycles. The molecule has 3 aromatic heterocycles. The molecule has 9 heteroatoms. The van der Waals surface area contributed by atoms with Gasteiger partial charge in [-0.15, -0.1) is 11.3 Å². The van der Waals surface area contributed by atoms with Crippen LogP contribution in [0.2, 0.25) is 0 Å². The number of rotatable bonds is 3. The number of aromatic nitrogens is 4. The molecule has 3 heterocycles. The summed E-state index contributed by atoms with van der Waals surface area (Å²) in [5.74, 6) is 0.119. The SMILES string of the molecule is O=c1cc(Cn2nc(C(F)(F)F)cc2C2CC2)nc2sc3c(n12)CCC3. The summed E-state index contributed by atoms with van der Waals surface area (Å²) in [6.45, 7) is 0.0796. The van der Waals surface area contributed by atoms with Crippen LogP contribution in [0, 0.1) is 0 Å². The minimum absolute atomic E-state index is 0.0796. The van der Waals surface area contributed by atoms with Gasteiger partial charge in [-0.05, 0) is 38.2 Å². The average Bonchev–Trinajstić information content (AvgIpc) is 2.98. The van der Waals surface area contributed by atoms with Crippen molar-refractivity contribution in [2.24, 2.45) is 0 Å². The van der Waals surface area contributed by atoms with Crippen molar-refractivity contribution in [1.29, 1.82) is 0 Å². The van der Waals surface area contributed by atoms with Crippen LogP contribution in [0.3, 0.4) is 0 Å². The summed E-state index contributed by atoms with van der Waals surface area (Å²) in [6, 6.07) is 2.55. The fourth-order valence-electron chi connectivity index (χ4n) is 3.62. The molecule has 0 N–H and O–H groups in total. The maximum atomic E-state index is 13.0. The zero-order valence-corrected chi connectivity index (χ0v) is 14.5. The average molecular weight is 380 g/mol. The van der Waals surface area contributed by atoms with Gasteiger partial charge in [0.2, 0.25) is 0 Å². The van der Waals surface area contributed by atoms with Crippen molar-refractivity contribution in [3.8, 4) is 0 Å². The van der Waals surface area contributed by atoms with Crippen LogP contribution in [0.1, 0.15) is 52.8 Å². The van der Waals surface area contributed by atoms with Crippen molar-refractivity contribution < 1.29 is 13.2 Å². The molecule has 0 unspecified atom stereocenters. The molecule has 1 saturated carbocycles. The summed E-state index contributed by atoms with van der Waals surface area (Å²) in [7, 11) is 0. The van der Waals surface area contributed by atoms with Gasteiger partial charge in [-0.1, -0.05) is 0 Å². The molecule has 1 fully saturated rings. The smallest absolute Gasteiger partial charge is 0.269 e. The van der Waals surface area contributed by atoms with Gasteiger partial charge in [-0.25, -0.2) is 4.98 Å². The first kappa shape index (κ1) is 16.0. The molecule has 2 aliphatic rings. The summed E-state index contributed by atoms with van der Waals surface area (Å²) >= 11 is 1.50. The van der Waals surface area contributed by atoms with E-state index >= 15 is 0 Å². The van der Waals surface area contributed by atoms with Crippen molar-refractivity contribution in [1.82, 2.24) is 19.2 Å². The van der Waals surface area contributed by atoms with E-state index in [1.54, 1.807) is 4.40 Å². The number of hydrogen-bond donors (Lipinski definition) is 0. The molecule has 0 aromatic carbocycles. The molecule has 2 aliphatic carbocycles. The fourth-order valence-corrected chi connectivity index (χ4v) is 4.85. The summed E-state index contributed by atoms with van der Waals surface area (Å²) in [5, 5.41) is 3.74. The number of aryl methyl sites for hydroxylation is 2. The summed E-state index contributed by atoms with van der Waals surface area (Å²) < 4.78 is 42.1. The molecule has 26 heavy (non-hydrogen) atoms. The highest BCUT2D eigenvalue weighted by molar-refractivity contribution is 7.17. The predicted octanol–water partition coefficient (Wildman–Crippen LogP) is 3.39. The van der Waals surface area contributed by atoms with E-state index in [2.05, 4.69) is 10.1 Å². The lowest BCUT2D eigenvalue weighted by molar-refractivity contribution is -0.141. The molecular formula is C17H15F3N4OS. The van der Waals surface area contributed by atoms with Crippen LogP contribution in [0.15, 0.2) is 16.9 Å². The molecule has 3 aromatic rings. The number of thiazole rings is 1. The first-order chi connectivity index (χ1) is 12.4. The van der Waals surface area contributed by atoms with E-state index < -0.39 is 11.9 Å². The van der Waals surface area contributed by atoms with Crippen molar-refractivity contribution in [2.45, 2.75) is 50.7 Å². The molecule has 0 radical (unpaired) electrons. The first-order valence-corrected chi connectivity index (χ1v) is 9.40. The Balaban J connectivity index is 1.56. The van der Waals surface area contributed by atoms with Gasteiger partial charge in [0, 0.05) is 28.2 Å². The van der Waals surface area contributed by atoms with Gasteiger partial charge in [-0.3, -0.25) is 13.9 Å². The largest absolute Gasteiger partial charge is 0.435 e. The second kappa shape index (κ2) is 5.42. The van der Waals surface area contributed by atoms with E-state index in [0.29, 0.717) is 16.3 Å². The van der Waals surface area contributed by atoms with Crippen molar-refractivity contribution >= 4 is 16.3 Å². The third kappa shape index (κ3) is 2.56. The Bertz CT molecular complexity index is 1070. The van der Waals surface area contributed by atoms with Crippen molar-refractivity contribution in [3.63, 3.8) is 0 Å². The van der Waals surface area contributed by atoms with E-state index in [1.807, 2.05) is 0 Å². The molecular weight excluding hydrogens is 365 g/mol. The molecule has 5 rings (SSSR count). The van der Waals surface area contributed by atoms with E-state index in [4.69, 9.17) is 0 Å². The number of fused-ring (bicyclic) bond motifs is 3. The fraction of sp³-hybridized carbons (Fsp3) is 0.471. The second-order valence-electron chi connectivity index (χ2n) is 6.91. The minimum Gasteiger partial charge on any atom is -0.269 e. The Hall–Kier alpha value is -2.16. The molecule has 0 bridgehead atoms. The van der Waals surface area contributed by atoms with Gasteiger partial charge in [0.25, 0.3) is 5.56 Å². The topological polar surface area (TPSA) is 52.2 Å². The number of alkyl halides is 3. The molecule has 136 valence electrons. The number of halogens is 3. The molecule has 0 aliphatic heterocycles. The van der Waals surface area contributed by atoms with Gasteiger partial charge >= 0.3 is 6.18 Å². The maximum absolute atomic E-state index is 13.0. The summed E-state index contributed by atoms with van der Waals surface area (Å²) in [4.78, 5) is 18.9. The Kier molecular flexibility index (Phi) is 3.34. The lowest BCUT2D eigenvalue weighted by Gasteiger charge is -2.07. The number of nitrogens with zero attached hydrogens (tertiary/aromatic N) is 4. The predicted molar refractivity (Wildman–Crippen MR) is 89.7 cm³/mol. The normalized spacial score (nSPS) is 17.2. The van der Waals surface area contributed by atoms with Crippen LogP contribution < -0.4 is 5.56 Å². The van der Waals surface area contributed by atoms with Crippen LogP contribution in [0.25, 0.3) is 4.96 Å². The Morgan fingerprint density at radius 1 is 1.23 bits per heavy atom. The van der Waals surface area contributed by atoms with E-state index in [0.717, 1.165) is 43.9 Å². The van der Waals surface area contributed by atoms with Crippen molar-refractivity contribution in [3.05, 3.63) is 50.1 Å². The van der Waals surface area contributed by atoms with Gasteiger partial charge in [0.1, 0.15) is 0 Å². The third-order valence-electron chi connectivity index (χ3n) is 4.97. The quantitative estimate of drug-likeness (QED) is 0.700. The maximum Gasteiger partial charge on any atom is 0.435 e. The van der Waals surface area contributed by atoms with Gasteiger partial charge in [0.05, 0.1) is 12.2 Å². The zero-order chi connectivity index (χ0) is 18.1. The van der Waals surface area contributed by atoms with Crippen LogP contribution in [-0.4, -0.2) is 19.2 Å². The van der Waals surface area contributed by atoms with Crippen molar-refractivity contribution in [2.75, 3.05) is 0 Å². The lowest BCUT2D eigenvalue weighted by atomic mass is 10.2. The van der Waals surface area contributed by atoms with Gasteiger partial charge < -0.3 is 0 Å². The van der Waals surface area contributed by atoms with E-state index in [9.17, 15) is 18.0 Å². The standard InChI is InChI=1S/C17H15F3N4OS/c18-17(19,20)14-7-12(9-4-5-9)23(22-14)8-10-6-15(25)24-11-2-1-3-13(11)26-16(24)21-10/h6-7,9H,1-5,8H2.